The highest BCUT2D eigenvalue weighted by atomic mass is 32.2. The van der Waals surface area contributed by atoms with Crippen molar-refractivity contribution in [2.45, 2.75) is 59.8 Å². The molecule has 2 fully saturated rings. The number of carbonyl (C=O) groups excluding carboxylic acids is 1. The van der Waals surface area contributed by atoms with Crippen molar-refractivity contribution in [1.29, 1.82) is 0 Å². The predicted molar refractivity (Wildman–Crippen MR) is 140 cm³/mol. The normalized spacial score (nSPS) is 24.3. The van der Waals surface area contributed by atoms with Crippen LogP contribution in [0.3, 0.4) is 0 Å². The predicted octanol–water partition coefficient (Wildman–Crippen LogP) is 6.75. The van der Waals surface area contributed by atoms with Gasteiger partial charge in [-0.3, -0.25) is 13.8 Å². The monoisotopic (exact) mass is 619 g/mol. The van der Waals surface area contributed by atoms with Crippen LogP contribution in [0.1, 0.15) is 48.8 Å². The summed E-state index contributed by atoms with van der Waals surface area (Å²) in [7, 11) is -1.95. The van der Waals surface area contributed by atoms with E-state index in [0.717, 1.165) is 12.1 Å². The van der Waals surface area contributed by atoms with Crippen molar-refractivity contribution in [1.82, 2.24) is 4.90 Å². The molecule has 2 unspecified atom stereocenters. The Bertz CT molecular complexity index is 1350. The lowest BCUT2D eigenvalue weighted by molar-refractivity contribution is -0.348. The van der Waals surface area contributed by atoms with Crippen LogP contribution in [0.2, 0.25) is 0 Å². The average Bonchev–Trinajstić information content (AvgIpc) is 3.41. The number of carboxylic acids is 1. The largest absolute Gasteiger partial charge is 0.481 e. The van der Waals surface area contributed by atoms with E-state index in [1.807, 2.05) is 0 Å². The SMILES string of the molecule is C=Cc1cccc(S(=O)C2(c3ccc(C(F)(C(F)(F)F)C(F)(F)F)cc3)CCN(C(=O)C3CCC(C(=O)O)CC3)C2)c1. The van der Waals surface area contributed by atoms with Gasteiger partial charge in [0, 0.05) is 29.5 Å². The molecule has 2 atom stereocenters. The van der Waals surface area contributed by atoms with Crippen LogP contribution < -0.4 is 0 Å². The average molecular weight is 620 g/mol. The minimum absolute atomic E-state index is 0.0623. The third-order valence-electron chi connectivity index (χ3n) is 8.22. The molecule has 13 heteroatoms. The van der Waals surface area contributed by atoms with E-state index in [4.69, 9.17) is 0 Å². The topological polar surface area (TPSA) is 74.7 Å². The summed E-state index contributed by atoms with van der Waals surface area (Å²) in [5, 5.41) is 9.25. The molecule has 0 spiro atoms. The van der Waals surface area contributed by atoms with Crippen LogP contribution in [-0.4, -0.2) is 51.5 Å². The smallest absolute Gasteiger partial charge is 0.435 e. The number of hydrogen-bond acceptors (Lipinski definition) is 3. The van der Waals surface area contributed by atoms with Gasteiger partial charge in [-0.15, -0.1) is 0 Å². The minimum Gasteiger partial charge on any atom is -0.481 e. The zero-order valence-electron chi connectivity index (χ0n) is 22.2. The third kappa shape index (κ3) is 5.59. The molecule has 0 bridgehead atoms. The van der Waals surface area contributed by atoms with Crippen LogP contribution in [0.25, 0.3) is 6.08 Å². The number of aliphatic carboxylic acids is 1. The maximum atomic E-state index is 14.7. The third-order valence-corrected chi connectivity index (χ3v) is 10.2. The summed E-state index contributed by atoms with van der Waals surface area (Å²) < 4.78 is 107. The van der Waals surface area contributed by atoms with E-state index in [9.17, 15) is 49.6 Å². The molecule has 2 aromatic carbocycles. The number of alkyl halides is 7. The molecule has 4 rings (SSSR count). The first-order valence-electron chi connectivity index (χ1n) is 13.1. The van der Waals surface area contributed by atoms with Crippen molar-refractivity contribution in [3.05, 3.63) is 71.8 Å². The second-order valence-corrected chi connectivity index (χ2v) is 12.5. The molecule has 1 heterocycles. The van der Waals surface area contributed by atoms with Gasteiger partial charge in [-0.2, -0.15) is 26.3 Å². The number of nitrogens with zero attached hydrogens (tertiary/aromatic N) is 1. The van der Waals surface area contributed by atoms with Crippen LogP contribution in [0.15, 0.2) is 60.0 Å². The maximum absolute atomic E-state index is 14.7. The summed E-state index contributed by atoms with van der Waals surface area (Å²) in [6, 6.07) is 9.05. The fraction of sp³-hybridized carbons (Fsp3) is 0.448. The van der Waals surface area contributed by atoms with Crippen molar-refractivity contribution in [3.8, 4) is 0 Å². The fourth-order valence-corrected chi connectivity index (χ4v) is 7.58. The van der Waals surface area contributed by atoms with Gasteiger partial charge in [0.25, 0.3) is 0 Å². The van der Waals surface area contributed by atoms with E-state index >= 15 is 0 Å². The molecular formula is C29H28F7NO4S. The molecule has 1 amide bonds. The number of hydrogen-bond donors (Lipinski definition) is 1. The Kier molecular flexibility index (Phi) is 8.65. The highest BCUT2D eigenvalue weighted by Crippen LogP contribution is 2.53. The number of carbonyl (C=O) groups is 2. The molecule has 1 saturated heterocycles. The molecule has 2 aromatic rings. The first kappa shape index (κ1) is 31.7. The Balaban J connectivity index is 1.71. The number of amides is 1. The highest BCUT2D eigenvalue weighted by Gasteiger charge is 2.73. The van der Waals surface area contributed by atoms with Crippen LogP contribution in [0, 0.1) is 11.8 Å². The summed E-state index contributed by atoms with van der Waals surface area (Å²) >= 11 is 0. The number of halogens is 7. The highest BCUT2D eigenvalue weighted by molar-refractivity contribution is 7.86. The molecule has 0 aromatic heterocycles. The Morgan fingerprint density at radius 1 is 0.929 bits per heavy atom. The quantitative estimate of drug-likeness (QED) is 0.348. The summed E-state index contributed by atoms with van der Waals surface area (Å²) in [5.74, 6) is -2.24. The number of benzene rings is 2. The van der Waals surface area contributed by atoms with Gasteiger partial charge in [0.1, 0.15) is 0 Å². The standard InChI is InChI=1S/C29H28F7NO4S/c1-2-18-4-3-5-23(16-18)42(41)26(14-15-37(17-26)24(38)19-6-8-20(9-7-19)25(39)40)21-10-12-22(13-11-21)27(30,28(31,32)33)29(34,35)36/h2-5,10-13,16,19-20H,1,6-9,14-15,17H2,(H,39,40). The molecule has 1 aliphatic heterocycles. The molecule has 0 radical (unpaired) electrons. The van der Waals surface area contributed by atoms with Gasteiger partial charge in [0.05, 0.1) is 21.5 Å². The van der Waals surface area contributed by atoms with Gasteiger partial charge >= 0.3 is 24.0 Å². The molecule has 228 valence electrons. The lowest BCUT2D eigenvalue weighted by Crippen LogP contribution is -2.50. The fourth-order valence-electron chi connectivity index (χ4n) is 5.78. The second kappa shape index (κ2) is 11.5. The van der Waals surface area contributed by atoms with Gasteiger partial charge in [0.2, 0.25) is 5.91 Å². The summed E-state index contributed by atoms with van der Waals surface area (Å²) in [5.41, 5.74) is -6.58. The molecule has 1 N–H and O–H groups in total. The summed E-state index contributed by atoms with van der Waals surface area (Å²) in [6.07, 6.45) is -9.69. The zero-order valence-corrected chi connectivity index (χ0v) is 23.0. The number of rotatable bonds is 7. The first-order valence-corrected chi connectivity index (χ1v) is 14.3. The van der Waals surface area contributed by atoms with Gasteiger partial charge in [-0.25, -0.2) is 4.39 Å². The van der Waals surface area contributed by atoms with Crippen molar-refractivity contribution < 1.29 is 49.6 Å². The van der Waals surface area contributed by atoms with E-state index in [2.05, 4.69) is 6.58 Å². The van der Waals surface area contributed by atoms with Crippen LogP contribution >= 0.6 is 0 Å². The molecule has 42 heavy (non-hydrogen) atoms. The molecule has 5 nitrogen and oxygen atoms in total. The van der Waals surface area contributed by atoms with E-state index < -0.39 is 56.9 Å². The Hall–Kier alpha value is -3.22. The van der Waals surface area contributed by atoms with Gasteiger partial charge in [-0.05, 0) is 55.4 Å². The molecule has 1 aliphatic carbocycles. The van der Waals surface area contributed by atoms with E-state index in [-0.39, 0.29) is 31.0 Å². The van der Waals surface area contributed by atoms with E-state index in [1.165, 1.54) is 11.0 Å². The lowest BCUT2D eigenvalue weighted by atomic mass is 9.81. The van der Waals surface area contributed by atoms with E-state index in [0.29, 0.717) is 48.3 Å². The van der Waals surface area contributed by atoms with Crippen LogP contribution in [0.5, 0.6) is 0 Å². The molecular weight excluding hydrogens is 591 g/mol. The van der Waals surface area contributed by atoms with Gasteiger partial charge in [-0.1, -0.05) is 49.1 Å². The zero-order chi connectivity index (χ0) is 31.1. The Morgan fingerprint density at radius 3 is 2.02 bits per heavy atom. The molecule has 2 aliphatic rings. The Morgan fingerprint density at radius 2 is 1.50 bits per heavy atom. The summed E-state index contributed by atoms with van der Waals surface area (Å²) in [6.45, 7) is 3.62. The van der Waals surface area contributed by atoms with E-state index in [1.54, 1.807) is 24.3 Å². The Labute approximate surface area is 239 Å². The van der Waals surface area contributed by atoms with Crippen LogP contribution in [0.4, 0.5) is 30.7 Å². The summed E-state index contributed by atoms with van der Waals surface area (Å²) in [4.78, 5) is 26.5. The minimum atomic E-state index is -6.28. The van der Waals surface area contributed by atoms with Crippen molar-refractivity contribution >= 4 is 28.8 Å². The first-order chi connectivity index (χ1) is 19.5. The van der Waals surface area contributed by atoms with Gasteiger partial charge < -0.3 is 10.0 Å². The van der Waals surface area contributed by atoms with Crippen molar-refractivity contribution in [2.75, 3.05) is 13.1 Å². The van der Waals surface area contributed by atoms with Crippen molar-refractivity contribution in [2.24, 2.45) is 11.8 Å². The van der Waals surface area contributed by atoms with Crippen LogP contribution in [-0.2, 0) is 30.8 Å². The second-order valence-electron chi connectivity index (χ2n) is 10.7. The molecule has 1 saturated carbocycles. The maximum Gasteiger partial charge on any atom is 0.435 e. The van der Waals surface area contributed by atoms with Gasteiger partial charge in [0.15, 0.2) is 0 Å². The number of carboxylic acid groups (broad SMARTS) is 1. The number of likely N-dealkylation sites (tertiary alicyclic amines) is 1. The van der Waals surface area contributed by atoms with Crippen molar-refractivity contribution in [3.63, 3.8) is 0 Å². The lowest BCUT2D eigenvalue weighted by Gasteiger charge is -2.33.